The van der Waals surface area contributed by atoms with Crippen LogP contribution in [0, 0.1) is 0 Å². The average Bonchev–Trinajstić information content (AvgIpc) is 2.61. The fourth-order valence-corrected chi connectivity index (χ4v) is 2.62. The maximum Gasteiger partial charge on any atom is 0.434 e. The maximum atomic E-state index is 12.7. The molecule has 0 radical (unpaired) electrons. The lowest BCUT2D eigenvalue weighted by molar-refractivity contribution is -0.141. The van der Waals surface area contributed by atoms with Gasteiger partial charge in [-0.3, -0.25) is 0 Å². The predicted molar refractivity (Wildman–Crippen MR) is 65.4 cm³/mol. The van der Waals surface area contributed by atoms with E-state index >= 15 is 0 Å². The zero-order chi connectivity index (χ0) is 14.0. The highest BCUT2D eigenvalue weighted by Crippen LogP contribution is 2.36. The molecule has 0 bridgehead atoms. The van der Waals surface area contributed by atoms with E-state index in [1.807, 2.05) is 20.8 Å². The maximum absolute atomic E-state index is 12.7. The quantitative estimate of drug-likeness (QED) is 0.773. The van der Waals surface area contributed by atoms with E-state index < -0.39 is 11.9 Å². The van der Waals surface area contributed by atoms with Crippen LogP contribution in [0.3, 0.4) is 0 Å². The summed E-state index contributed by atoms with van der Waals surface area (Å²) in [5, 5.41) is 0. The van der Waals surface area contributed by atoms with Crippen molar-refractivity contribution in [3.05, 3.63) is 17.7 Å². The summed E-state index contributed by atoms with van der Waals surface area (Å²) in [5.41, 5.74) is -1.07. The largest absolute Gasteiger partial charge is 0.434 e. The van der Waals surface area contributed by atoms with E-state index in [9.17, 15) is 13.2 Å². The van der Waals surface area contributed by atoms with E-state index in [2.05, 4.69) is 4.98 Å². The first-order chi connectivity index (χ1) is 8.24. The molecule has 0 spiro atoms. The Kier molecular flexibility index (Phi) is 4.46. The Labute approximate surface area is 106 Å². The molecule has 2 nitrogen and oxygen atoms in total. The first kappa shape index (κ1) is 15.1. The first-order valence-corrected chi connectivity index (χ1v) is 6.35. The van der Waals surface area contributed by atoms with Crippen molar-refractivity contribution in [2.24, 2.45) is 7.05 Å². The Morgan fingerprint density at radius 2 is 1.67 bits per heavy atom. The minimum Gasteiger partial charge on any atom is -0.337 e. The minimum atomic E-state index is -4.37. The molecule has 1 aromatic heterocycles. The number of aryl methyl sites for hydroxylation is 1. The highest BCUT2D eigenvalue weighted by atomic mass is 19.4. The molecule has 0 N–H and O–H groups in total. The lowest BCUT2D eigenvalue weighted by Gasteiger charge is -2.28. The van der Waals surface area contributed by atoms with Gasteiger partial charge < -0.3 is 4.57 Å². The molecule has 0 saturated carbocycles. The Morgan fingerprint density at radius 3 is 2.00 bits per heavy atom. The van der Waals surface area contributed by atoms with Crippen LogP contribution in [-0.4, -0.2) is 9.55 Å². The van der Waals surface area contributed by atoms with Crippen molar-refractivity contribution in [2.45, 2.75) is 58.0 Å². The normalized spacial score (nSPS) is 13.1. The molecule has 0 aliphatic carbocycles. The molecule has 0 atom stereocenters. The van der Waals surface area contributed by atoms with Crippen molar-refractivity contribution in [1.29, 1.82) is 0 Å². The smallest absolute Gasteiger partial charge is 0.337 e. The van der Waals surface area contributed by atoms with E-state index in [4.69, 9.17) is 0 Å². The van der Waals surface area contributed by atoms with Crippen molar-refractivity contribution in [1.82, 2.24) is 9.55 Å². The molecule has 18 heavy (non-hydrogen) atoms. The second kappa shape index (κ2) is 5.33. The van der Waals surface area contributed by atoms with Crippen LogP contribution in [-0.2, 0) is 18.6 Å². The first-order valence-electron chi connectivity index (χ1n) is 6.35. The third-order valence-corrected chi connectivity index (χ3v) is 3.31. The molecule has 1 heterocycles. The number of hydrogen-bond acceptors (Lipinski definition) is 1. The summed E-state index contributed by atoms with van der Waals surface area (Å²) < 4.78 is 39.5. The highest BCUT2D eigenvalue weighted by molar-refractivity contribution is 5.15. The van der Waals surface area contributed by atoms with Crippen LogP contribution in [0.1, 0.15) is 58.0 Å². The van der Waals surface area contributed by atoms with Crippen LogP contribution in [0.5, 0.6) is 0 Å². The summed E-state index contributed by atoms with van der Waals surface area (Å²) >= 11 is 0. The van der Waals surface area contributed by atoms with E-state index in [-0.39, 0.29) is 5.41 Å². The number of alkyl halides is 3. The number of rotatable bonds is 5. The topological polar surface area (TPSA) is 17.8 Å². The molecule has 104 valence electrons. The molecule has 0 fully saturated rings. The zero-order valence-corrected chi connectivity index (χ0v) is 11.4. The number of hydrogen-bond donors (Lipinski definition) is 0. The zero-order valence-electron chi connectivity index (χ0n) is 11.4. The Balaban J connectivity index is 3.17. The summed E-state index contributed by atoms with van der Waals surface area (Å²) in [6.45, 7) is 6.09. The molecule has 1 aromatic rings. The third-order valence-electron chi connectivity index (χ3n) is 3.31. The Bertz CT molecular complexity index is 387. The Morgan fingerprint density at radius 1 is 1.17 bits per heavy atom. The third kappa shape index (κ3) is 3.06. The van der Waals surface area contributed by atoms with Crippen LogP contribution in [0.2, 0.25) is 0 Å². The van der Waals surface area contributed by atoms with Gasteiger partial charge in [0.1, 0.15) is 5.82 Å². The van der Waals surface area contributed by atoms with Crippen molar-refractivity contribution in [3.63, 3.8) is 0 Å². The minimum absolute atomic E-state index is 0.276. The molecule has 0 amide bonds. The lowest BCUT2D eigenvalue weighted by Crippen LogP contribution is -2.26. The summed E-state index contributed by atoms with van der Waals surface area (Å²) in [6.07, 6.45) is 0.287. The van der Waals surface area contributed by atoms with Gasteiger partial charge in [0.15, 0.2) is 5.69 Å². The second-order valence-electron chi connectivity index (χ2n) is 5.12. The van der Waals surface area contributed by atoms with E-state index in [0.29, 0.717) is 5.82 Å². The van der Waals surface area contributed by atoms with Gasteiger partial charge in [-0.1, -0.05) is 33.6 Å². The van der Waals surface area contributed by atoms with Crippen molar-refractivity contribution < 1.29 is 13.2 Å². The van der Waals surface area contributed by atoms with Gasteiger partial charge in [-0.25, -0.2) is 4.98 Å². The summed E-state index contributed by atoms with van der Waals surface area (Å²) in [4.78, 5) is 3.83. The van der Waals surface area contributed by atoms with Gasteiger partial charge >= 0.3 is 6.18 Å². The molecule has 5 heteroatoms. The molecule has 1 rings (SSSR count). The lowest BCUT2D eigenvalue weighted by atomic mass is 9.80. The fraction of sp³-hybridized carbons (Fsp3) is 0.769. The number of imidazole rings is 1. The molecule has 0 unspecified atom stereocenters. The second-order valence-corrected chi connectivity index (χ2v) is 5.12. The van der Waals surface area contributed by atoms with Crippen LogP contribution in [0.15, 0.2) is 6.20 Å². The monoisotopic (exact) mass is 262 g/mol. The van der Waals surface area contributed by atoms with E-state index in [1.165, 1.54) is 4.57 Å². The summed E-state index contributed by atoms with van der Waals surface area (Å²) in [6, 6.07) is 0. The molecule has 0 aliphatic rings. The highest BCUT2D eigenvalue weighted by Gasteiger charge is 2.37. The predicted octanol–water partition coefficient (Wildman–Crippen LogP) is 4.30. The van der Waals surface area contributed by atoms with Gasteiger partial charge in [-0.2, -0.15) is 13.2 Å². The van der Waals surface area contributed by atoms with Gasteiger partial charge in [-0.15, -0.1) is 0 Å². The van der Waals surface area contributed by atoms with Crippen molar-refractivity contribution >= 4 is 0 Å². The van der Waals surface area contributed by atoms with Gasteiger partial charge in [0, 0.05) is 18.7 Å². The fourth-order valence-electron chi connectivity index (χ4n) is 2.62. The average molecular weight is 262 g/mol. The molecule has 0 saturated heterocycles. The van der Waals surface area contributed by atoms with E-state index in [0.717, 1.165) is 31.9 Å². The van der Waals surface area contributed by atoms with Gasteiger partial charge in [-0.05, 0) is 12.8 Å². The molecule has 0 aromatic carbocycles. The van der Waals surface area contributed by atoms with Crippen LogP contribution >= 0.6 is 0 Å². The SMILES string of the molecule is CCCC(C)(CCC)c1nc(C(F)(F)F)cn1C. The van der Waals surface area contributed by atoms with Crippen molar-refractivity contribution in [3.8, 4) is 0 Å². The Hall–Kier alpha value is -1.00. The molecular weight excluding hydrogens is 241 g/mol. The summed E-state index contributed by atoms with van der Waals surface area (Å²) in [5.74, 6) is 0.540. The van der Waals surface area contributed by atoms with Gasteiger partial charge in [0.05, 0.1) is 0 Å². The van der Waals surface area contributed by atoms with Gasteiger partial charge in [0.25, 0.3) is 0 Å². The summed E-state index contributed by atoms with van der Waals surface area (Å²) in [7, 11) is 1.64. The molecular formula is C13H21F3N2. The number of aromatic nitrogens is 2. The molecule has 0 aliphatic heterocycles. The number of halogens is 3. The number of nitrogens with zero attached hydrogens (tertiary/aromatic N) is 2. The van der Waals surface area contributed by atoms with Crippen LogP contribution in [0.4, 0.5) is 13.2 Å². The standard InChI is InChI=1S/C13H21F3N2/c1-5-7-12(3,8-6-2)11-17-10(9-18(11)4)13(14,15)16/h9H,5-8H2,1-4H3. The van der Waals surface area contributed by atoms with Crippen LogP contribution in [0.25, 0.3) is 0 Å². The van der Waals surface area contributed by atoms with E-state index in [1.54, 1.807) is 7.05 Å². The van der Waals surface area contributed by atoms with Gasteiger partial charge in [0.2, 0.25) is 0 Å². The van der Waals surface area contributed by atoms with Crippen molar-refractivity contribution in [2.75, 3.05) is 0 Å². The van der Waals surface area contributed by atoms with Crippen LogP contribution < -0.4 is 0 Å².